The number of carbonyl (C=O) groups excluding carboxylic acids is 2. The highest BCUT2D eigenvalue weighted by atomic mass is 16.5. The Morgan fingerprint density at radius 2 is 1.65 bits per heavy atom. The molecule has 0 saturated heterocycles. The Hall–Kier alpha value is -3.27. The van der Waals surface area contributed by atoms with Crippen LogP contribution in [0.2, 0.25) is 0 Å². The summed E-state index contributed by atoms with van der Waals surface area (Å²) in [6.07, 6.45) is 1.47. The average Bonchev–Trinajstić information content (AvgIpc) is 2.73. The summed E-state index contributed by atoms with van der Waals surface area (Å²) in [4.78, 5) is 40.0. The molecule has 0 saturated carbocycles. The molecule has 0 radical (unpaired) electrons. The second-order valence-electron chi connectivity index (χ2n) is 7.17. The van der Waals surface area contributed by atoms with Crippen molar-refractivity contribution in [1.82, 2.24) is 9.80 Å². The minimum atomic E-state index is -1.19. The molecule has 2 amide bonds. The molecule has 10 nitrogen and oxygen atoms in total. The lowest BCUT2D eigenvalue weighted by Crippen LogP contribution is -2.56. The number of nitrogens with zero attached hydrogens (tertiary/aromatic N) is 2. The maximum absolute atomic E-state index is 13.3. The molecule has 1 aliphatic heterocycles. The van der Waals surface area contributed by atoms with Gasteiger partial charge in [-0.2, -0.15) is 0 Å². The third-order valence-electron chi connectivity index (χ3n) is 4.81. The quantitative estimate of drug-likeness (QED) is 0.618. The molecule has 1 N–H and O–H groups in total. The van der Waals surface area contributed by atoms with Crippen LogP contribution in [0.5, 0.6) is 17.2 Å². The molecule has 1 aromatic rings. The van der Waals surface area contributed by atoms with E-state index in [4.69, 9.17) is 18.9 Å². The van der Waals surface area contributed by atoms with Crippen molar-refractivity contribution >= 4 is 23.5 Å². The summed E-state index contributed by atoms with van der Waals surface area (Å²) in [5.74, 6) is -1.40. The second-order valence-corrected chi connectivity index (χ2v) is 7.17. The van der Waals surface area contributed by atoms with Crippen molar-refractivity contribution in [3.63, 3.8) is 0 Å². The Bertz CT molecular complexity index is 855. The fraction of sp³-hybridized carbons (Fsp3) is 0.476. The van der Waals surface area contributed by atoms with E-state index < -0.39 is 30.4 Å². The Morgan fingerprint density at radius 3 is 2.06 bits per heavy atom. The topological polar surface area (TPSA) is 115 Å². The van der Waals surface area contributed by atoms with Crippen molar-refractivity contribution in [2.75, 3.05) is 41.6 Å². The van der Waals surface area contributed by atoms with Gasteiger partial charge in [0.1, 0.15) is 19.2 Å². The maximum atomic E-state index is 13.3. The van der Waals surface area contributed by atoms with Crippen LogP contribution in [0.1, 0.15) is 19.4 Å². The molecule has 1 aromatic carbocycles. The van der Waals surface area contributed by atoms with Gasteiger partial charge in [-0.15, -0.1) is 0 Å². The van der Waals surface area contributed by atoms with Crippen molar-refractivity contribution in [1.29, 1.82) is 0 Å². The monoisotopic (exact) mass is 436 g/mol. The highest BCUT2D eigenvalue weighted by Gasteiger charge is 2.41. The van der Waals surface area contributed by atoms with Crippen LogP contribution in [0.25, 0.3) is 5.70 Å². The van der Waals surface area contributed by atoms with E-state index in [2.05, 4.69) is 0 Å². The van der Waals surface area contributed by atoms with Crippen LogP contribution in [0.15, 0.2) is 18.3 Å². The first kappa shape index (κ1) is 24.0. The Labute approximate surface area is 180 Å². The largest absolute Gasteiger partial charge is 0.493 e. The molecule has 0 unspecified atom stereocenters. The second kappa shape index (κ2) is 10.2. The third-order valence-corrected chi connectivity index (χ3v) is 4.81. The predicted molar refractivity (Wildman–Crippen MR) is 111 cm³/mol. The number of amides is 2. The SMILES string of the molecule is COCC(=O)N1C=C(c2cc(OC)c(OC)c(OC)c2)N(CC(=O)O)C(=O)[C@@H]1C(C)C. The van der Waals surface area contributed by atoms with Crippen molar-refractivity contribution < 1.29 is 38.4 Å². The van der Waals surface area contributed by atoms with Crippen LogP contribution in [0.4, 0.5) is 0 Å². The summed E-state index contributed by atoms with van der Waals surface area (Å²) in [6, 6.07) is 2.31. The number of methoxy groups -OCH3 is 4. The van der Waals surface area contributed by atoms with E-state index in [0.29, 0.717) is 22.8 Å². The summed E-state index contributed by atoms with van der Waals surface area (Å²) in [5.41, 5.74) is 0.634. The molecule has 0 fully saturated rings. The summed E-state index contributed by atoms with van der Waals surface area (Å²) in [7, 11) is 5.73. The molecule has 1 heterocycles. The van der Waals surface area contributed by atoms with Crippen LogP contribution >= 0.6 is 0 Å². The van der Waals surface area contributed by atoms with Gasteiger partial charge in [0.25, 0.3) is 11.8 Å². The molecule has 10 heteroatoms. The van der Waals surface area contributed by atoms with Crippen molar-refractivity contribution in [2.24, 2.45) is 5.92 Å². The molecule has 31 heavy (non-hydrogen) atoms. The Kier molecular flexibility index (Phi) is 7.87. The standard InChI is InChI=1S/C21H28N2O8/c1-12(2)19-21(27)22(10-18(25)26)14(9-23(19)17(24)11-28-3)13-7-15(29-4)20(31-6)16(8-13)30-5/h7-9,12,19H,10-11H2,1-6H3,(H,25,26)/t19-/m0/s1. The number of rotatable bonds is 9. The molecule has 0 aromatic heterocycles. The minimum Gasteiger partial charge on any atom is -0.493 e. The molecule has 1 aliphatic rings. The van der Waals surface area contributed by atoms with Crippen LogP contribution < -0.4 is 14.2 Å². The first-order valence-electron chi connectivity index (χ1n) is 9.55. The van der Waals surface area contributed by atoms with Crippen molar-refractivity contribution in [3.05, 3.63) is 23.9 Å². The summed E-state index contributed by atoms with van der Waals surface area (Å²) < 4.78 is 21.0. The molecule has 2 rings (SSSR count). The lowest BCUT2D eigenvalue weighted by Gasteiger charge is -2.40. The summed E-state index contributed by atoms with van der Waals surface area (Å²) in [5, 5.41) is 9.43. The normalized spacial score (nSPS) is 16.3. The fourth-order valence-corrected chi connectivity index (χ4v) is 3.47. The number of hydrogen-bond donors (Lipinski definition) is 1. The van der Waals surface area contributed by atoms with E-state index in [1.807, 2.05) is 0 Å². The number of ether oxygens (including phenoxy) is 4. The van der Waals surface area contributed by atoms with Gasteiger partial charge in [-0.25, -0.2) is 0 Å². The minimum absolute atomic E-state index is 0.216. The smallest absolute Gasteiger partial charge is 0.323 e. The lowest BCUT2D eigenvalue weighted by molar-refractivity contribution is -0.149. The zero-order valence-corrected chi connectivity index (χ0v) is 18.5. The van der Waals surface area contributed by atoms with Crippen LogP contribution in [-0.2, 0) is 19.1 Å². The number of carbonyl (C=O) groups is 3. The van der Waals surface area contributed by atoms with Crippen LogP contribution in [0, 0.1) is 5.92 Å². The molecule has 170 valence electrons. The van der Waals surface area contributed by atoms with Crippen LogP contribution in [-0.4, -0.2) is 80.3 Å². The molecular formula is C21H28N2O8. The molecule has 1 atom stereocenters. The van der Waals surface area contributed by atoms with Gasteiger partial charge in [-0.1, -0.05) is 13.8 Å². The van der Waals surface area contributed by atoms with Gasteiger partial charge in [-0.3, -0.25) is 19.3 Å². The lowest BCUT2D eigenvalue weighted by atomic mass is 9.96. The maximum Gasteiger partial charge on any atom is 0.323 e. The molecular weight excluding hydrogens is 408 g/mol. The van der Waals surface area contributed by atoms with Gasteiger partial charge >= 0.3 is 5.97 Å². The molecule has 0 spiro atoms. The highest BCUT2D eigenvalue weighted by molar-refractivity contribution is 5.99. The van der Waals surface area contributed by atoms with E-state index in [-0.39, 0.29) is 18.2 Å². The van der Waals surface area contributed by atoms with Gasteiger partial charge in [0.05, 0.1) is 27.0 Å². The molecule has 0 bridgehead atoms. The van der Waals surface area contributed by atoms with Crippen LogP contribution in [0.3, 0.4) is 0 Å². The van der Waals surface area contributed by atoms with E-state index >= 15 is 0 Å². The van der Waals surface area contributed by atoms with Gasteiger partial charge in [0, 0.05) is 18.9 Å². The first-order valence-corrected chi connectivity index (χ1v) is 9.55. The molecule has 0 aliphatic carbocycles. The number of hydrogen-bond acceptors (Lipinski definition) is 7. The summed E-state index contributed by atoms with van der Waals surface area (Å²) in [6.45, 7) is 2.77. The number of carboxylic acids is 1. The summed E-state index contributed by atoms with van der Waals surface area (Å²) >= 11 is 0. The zero-order valence-electron chi connectivity index (χ0n) is 18.5. The first-order chi connectivity index (χ1) is 14.7. The van der Waals surface area contributed by atoms with E-state index in [1.54, 1.807) is 26.0 Å². The van der Waals surface area contributed by atoms with Gasteiger partial charge in [-0.05, 0) is 18.1 Å². The van der Waals surface area contributed by atoms with E-state index in [0.717, 1.165) is 4.90 Å². The third kappa shape index (κ3) is 4.91. The highest BCUT2D eigenvalue weighted by Crippen LogP contribution is 2.41. The Morgan fingerprint density at radius 1 is 1.06 bits per heavy atom. The zero-order chi connectivity index (χ0) is 23.3. The van der Waals surface area contributed by atoms with Crippen molar-refractivity contribution in [3.8, 4) is 17.2 Å². The van der Waals surface area contributed by atoms with Crippen molar-refractivity contribution in [2.45, 2.75) is 19.9 Å². The van der Waals surface area contributed by atoms with Gasteiger partial charge in [0.15, 0.2) is 11.5 Å². The number of aliphatic carboxylic acids is 1. The average molecular weight is 436 g/mol. The van der Waals surface area contributed by atoms with Gasteiger partial charge in [0.2, 0.25) is 5.75 Å². The number of carboxylic acid groups (broad SMARTS) is 1. The van der Waals surface area contributed by atoms with E-state index in [1.165, 1.54) is 39.5 Å². The Balaban J connectivity index is 2.75. The fourth-order valence-electron chi connectivity index (χ4n) is 3.47. The number of benzene rings is 1. The predicted octanol–water partition coefficient (Wildman–Crippen LogP) is 1.44. The van der Waals surface area contributed by atoms with E-state index in [9.17, 15) is 19.5 Å². The van der Waals surface area contributed by atoms with Gasteiger partial charge < -0.3 is 29.0 Å².